The minimum Gasteiger partial charge on any atom is -0.485 e. The third-order valence-corrected chi connectivity index (χ3v) is 3.50. The quantitative estimate of drug-likeness (QED) is 0.875. The van der Waals surface area contributed by atoms with Crippen molar-refractivity contribution < 1.29 is 9.26 Å². The van der Waals surface area contributed by atoms with Gasteiger partial charge in [-0.3, -0.25) is 0 Å². The summed E-state index contributed by atoms with van der Waals surface area (Å²) < 4.78 is 11.9. The molecule has 1 aromatic carbocycles. The first-order valence-corrected chi connectivity index (χ1v) is 7.27. The van der Waals surface area contributed by atoms with Gasteiger partial charge in [-0.15, -0.1) is 0 Å². The van der Waals surface area contributed by atoms with Crippen LogP contribution < -0.4 is 10.1 Å². The zero-order chi connectivity index (χ0) is 14.5. The van der Waals surface area contributed by atoms with E-state index in [0.29, 0.717) is 18.3 Å². The monoisotopic (exact) mass is 339 g/mol. The van der Waals surface area contributed by atoms with Crippen LogP contribution in [-0.2, 0) is 13.2 Å². The van der Waals surface area contributed by atoms with Crippen LogP contribution in [0, 0.1) is 0 Å². The minimum absolute atomic E-state index is 0.228. The number of hydrogen-bond donors (Lipinski definition) is 1. The van der Waals surface area contributed by atoms with Crippen LogP contribution in [0.3, 0.4) is 0 Å². The molecule has 6 heteroatoms. The molecule has 0 saturated heterocycles. The van der Waals surface area contributed by atoms with E-state index < -0.39 is 0 Å². The van der Waals surface area contributed by atoms with Gasteiger partial charge in [0.25, 0.3) is 0 Å². The number of nitrogens with zero attached hydrogens (tertiary/aromatic N) is 2. The average Bonchev–Trinajstić information content (AvgIpc) is 2.89. The number of aromatic nitrogens is 2. The van der Waals surface area contributed by atoms with E-state index in [9.17, 15) is 0 Å². The number of halogens is 1. The smallest absolute Gasteiger partial charge is 0.229 e. The predicted molar refractivity (Wildman–Crippen MR) is 79.6 cm³/mol. The van der Waals surface area contributed by atoms with Gasteiger partial charge < -0.3 is 14.6 Å². The molecular weight excluding hydrogens is 322 g/mol. The van der Waals surface area contributed by atoms with Gasteiger partial charge in [0.05, 0.1) is 0 Å². The Bertz CT molecular complexity index is 569. The topological polar surface area (TPSA) is 60.2 Å². The summed E-state index contributed by atoms with van der Waals surface area (Å²) in [5, 5.41) is 7.01. The zero-order valence-electron chi connectivity index (χ0n) is 11.8. The van der Waals surface area contributed by atoms with Crippen LogP contribution in [0.2, 0.25) is 0 Å². The van der Waals surface area contributed by atoms with Crippen LogP contribution >= 0.6 is 15.9 Å². The number of benzene rings is 1. The van der Waals surface area contributed by atoms with Gasteiger partial charge in [0, 0.05) is 16.9 Å². The number of nitrogens with one attached hydrogen (secondary N) is 1. The Morgan fingerprint density at radius 2 is 2.20 bits per heavy atom. The lowest BCUT2D eigenvalue weighted by Gasteiger charge is -2.08. The highest BCUT2D eigenvalue weighted by molar-refractivity contribution is 9.10. The van der Waals surface area contributed by atoms with Crippen molar-refractivity contribution in [3.05, 3.63) is 40.0 Å². The van der Waals surface area contributed by atoms with Crippen LogP contribution in [0.25, 0.3) is 0 Å². The molecule has 0 bridgehead atoms. The SMILES string of the molecule is CNCc1cc(OCc2noc(C(C)C)n2)ccc1Br. The fourth-order valence-electron chi connectivity index (χ4n) is 1.68. The maximum absolute atomic E-state index is 5.69. The van der Waals surface area contributed by atoms with Crippen LogP contribution in [0.15, 0.2) is 27.2 Å². The lowest BCUT2D eigenvalue weighted by Crippen LogP contribution is -2.06. The highest BCUT2D eigenvalue weighted by atomic mass is 79.9. The first-order valence-electron chi connectivity index (χ1n) is 6.48. The maximum Gasteiger partial charge on any atom is 0.229 e. The molecule has 108 valence electrons. The Kier molecular flexibility index (Phi) is 5.14. The van der Waals surface area contributed by atoms with E-state index in [1.165, 1.54) is 0 Å². The zero-order valence-corrected chi connectivity index (χ0v) is 13.4. The Balaban J connectivity index is 2.01. The second-order valence-corrected chi connectivity index (χ2v) is 5.63. The molecule has 0 unspecified atom stereocenters. The van der Waals surface area contributed by atoms with E-state index >= 15 is 0 Å². The molecule has 0 aliphatic heterocycles. The van der Waals surface area contributed by atoms with Crippen molar-refractivity contribution in [1.29, 1.82) is 0 Å². The van der Waals surface area contributed by atoms with Crippen molar-refractivity contribution in [2.24, 2.45) is 0 Å². The van der Waals surface area contributed by atoms with E-state index in [0.717, 1.165) is 22.3 Å². The standard InChI is InChI=1S/C14H18BrN3O2/c1-9(2)14-17-13(18-20-14)8-19-11-4-5-12(15)10(6-11)7-16-3/h4-6,9,16H,7-8H2,1-3H3. The molecule has 0 amide bonds. The molecule has 20 heavy (non-hydrogen) atoms. The lowest BCUT2D eigenvalue weighted by atomic mass is 10.2. The molecule has 0 radical (unpaired) electrons. The number of hydrogen-bond acceptors (Lipinski definition) is 5. The van der Waals surface area contributed by atoms with Crippen molar-refractivity contribution in [2.45, 2.75) is 32.9 Å². The summed E-state index contributed by atoms with van der Waals surface area (Å²) >= 11 is 3.51. The van der Waals surface area contributed by atoms with E-state index in [-0.39, 0.29) is 5.92 Å². The van der Waals surface area contributed by atoms with Gasteiger partial charge in [0.15, 0.2) is 6.61 Å². The molecule has 1 heterocycles. The van der Waals surface area contributed by atoms with Gasteiger partial charge in [-0.25, -0.2) is 0 Å². The van der Waals surface area contributed by atoms with Crippen molar-refractivity contribution >= 4 is 15.9 Å². The highest BCUT2D eigenvalue weighted by Gasteiger charge is 2.10. The molecule has 2 rings (SSSR count). The summed E-state index contributed by atoms with van der Waals surface area (Å²) in [7, 11) is 1.91. The molecule has 0 fully saturated rings. The van der Waals surface area contributed by atoms with Crippen LogP contribution in [0.4, 0.5) is 0 Å². The Morgan fingerprint density at radius 1 is 1.40 bits per heavy atom. The van der Waals surface area contributed by atoms with Gasteiger partial charge in [-0.05, 0) is 30.8 Å². The molecule has 0 saturated carbocycles. The van der Waals surface area contributed by atoms with Crippen LogP contribution in [0.1, 0.15) is 37.0 Å². The normalized spacial score (nSPS) is 11.1. The van der Waals surface area contributed by atoms with E-state index in [1.54, 1.807) is 0 Å². The number of rotatable bonds is 6. The van der Waals surface area contributed by atoms with Gasteiger partial charge in [-0.1, -0.05) is 34.9 Å². The van der Waals surface area contributed by atoms with E-state index in [1.807, 2.05) is 39.1 Å². The first-order chi connectivity index (χ1) is 9.60. The van der Waals surface area contributed by atoms with E-state index in [4.69, 9.17) is 9.26 Å². The van der Waals surface area contributed by atoms with Crippen LogP contribution in [-0.4, -0.2) is 17.2 Å². The summed E-state index contributed by atoms with van der Waals surface area (Å²) in [6.45, 7) is 5.10. The molecule has 0 aliphatic rings. The maximum atomic E-state index is 5.69. The Morgan fingerprint density at radius 3 is 2.85 bits per heavy atom. The van der Waals surface area contributed by atoms with Crippen molar-refractivity contribution in [2.75, 3.05) is 7.05 Å². The third-order valence-electron chi connectivity index (χ3n) is 2.73. The molecule has 1 N–H and O–H groups in total. The second-order valence-electron chi connectivity index (χ2n) is 4.78. The van der Waals surface area contributed by atoms with Gasteiger partial charge in [0.2, 0.25) is 11.7 Å². The molecule has 2 aromatic rings. The highest BCUT2D eigenvalue weighted by Crippen LogP contribution is 2.23. The second kappa shape index (κ2) is 6.85. The number of ether oxygens (including phenoxy) is 1. The molecule has 0 atom stereocenters. The van der Waals surface area contributed by atoms with Crippen molar-refractivity contribution in [3.63, 3.8) is 0 Å². The summed E-state index contributed by atoms with van der Waals surface area (Å²) in [5.74, 6) is 2.21. The summed E-state index contributed by atoms with van der Waals surface area (Å²) in [6, 6.07) is 5.87. The third kappa shape index (κ3) is 3.80. The lowest BCUT2D eigenvalue weighted by molar-refractivity contribution is 0.284. The largest absolute Gasteiger partial charge is 0.485 e. The average molecular weight is 340 g/mol. The molecule has 0 spiro atoms. The molecule has 0 aliphatic carbocycles. The van der Waals surface area contributed by atoms with Gasteiger partial charge in [0.1, 0.15) is 5.75 Å². The van der Waals surface area contributed by atoms with Crippen molar-refractivity contribution in [3.8, 4) is 5.75 Å². The summed E-state index contributed by atoms with van der Waals surface area (Å²) in [4.78, 5) is 4.28. The predicted octanol–water partition coefficient (Wildman–Crippen LogP) is 3.25. The Hall–Kier alpha value is -1.40. The fraction of sp³-hybridized carbons (Fsp3) is 0.429. The Labute approximate surface area is 126 Å². The molecular formula is C14H18BrN3O2. The minimum atomic E-state index is 0.228. The molecule has 5 nitrogen and oxygen atoms in total. The summed E-state index contributed by atoms with van der Waals surface area (Å²) in [6.07, 6.45) is 0. The van der Waals surface area contributed by atoms with Crippen molar-refractivity contribution in [1.82, 2.24) is 15.5 Å². The fourth-order valence-corrected chi connectivity index (χ4v) is 2.06. The van der Waals surface area contributed by atoms with Crippen LogP contribution in [0.5, 0.6) is 5.75 Å². The molecule has 1 aromatic heterocycles. The van der Waals surface area contributed by atoms with E-state index in [2.05, 4.69) is 31.4 Å². The summed E-state index contributed by atoms with van der Waals surface area (Å²) in [5.41, 5.74) is 1.14. The first kappa shape index (κ1) is 15.0. The van der Waals surface area contributed by atoms with Gasteiger partial charge >= 0.3 is 0 Å². The van der Waals surface area contributed by atoms with Gasteiger partial charge in [-0.2, -0.15) is 4.98 Å².